The molecule has 0 spiro atoms. The van der Waals surface area contributed by atoms with E-state index in [4.69, 9.17) is 14.0 Å². The summed E-state index contributed by atoms with van der Waals surface area (Å²) < 4.78 is 16.7. The number of fused-ring (bicyclic) bond motifs is 3. The standard InChI is InChI=1S/C22H27N3O5/c1-14-4-5-19-17(12-14)21-18(13-29-19)20(23-30-21)22(27)25(10-11-28-3)16-6-8-24(9-7-16)15(2)26/h4-5,12,16H,6-11,13H2,1-3H3. The fraction of sp³-hybridized carbons (Fsp3) is 0.500. The summed E-state index contributed by atoms with van der Waals surface area (Å²) in [4.78, 5) is 28.8. The van der Waals surface area contributed by atoms with Crippen LogP contribution in [0.5, 0.6) is 5.75 Å². The summed E-state index contributed by atoms with van der Waals surface area (Å²) in [5.74, 6) is 1.22. The van der Waals surface area contributed by atoms with Gasteiger partial charge in [-0.25, -0.2) is 0 Å². The number of rotatable bonds is 5. The Bertz CT molecular complexity index is 946. The van der Waals surface area contributed by atoms with Gasteiger partial charge in [-0.3, -0.25) is 9.59 Å². The summed E-state index contributed by atoms with van der Waals surface area (Å²) in [7, 11) is 1.62. The average molecular weight is 413 g/mol. The monoisotopic (exact) mass is 413 g/mol. The average Bonchev–Trinajstić information content (AvgIpc) is 3.19. The van der Waals surface area contributed by atoms with Gasteiger partial charge in [0.2, 0.25) is 5.91 Å². The topological polar surface area (TPSA) is 85.1 Å². The van der Waals surface area contributed by atoms with E-state index in [0.717, 1.165) is 29.7 Å². The minimum atomic E-state index is -0.182. The number of aromatic nitrogens is 1. The van der Waals surface area contributed by atoms with Gasteiger partial charge in [-0.05, 0) is 31.9 Å². The zero-order chi connectivity index (χ0) is 21.3. The van der Waals surface area contributed by atoms with Crippen molar-refractivity contribution in [3.63, 3.8) is 0 Å². The van der Waals surface area contributed by atoms with Crippen LogP contribution in [-0.2, 0) is 16.1 Å². The molecular weight excluding hydrogens is 386 g/mol. The van der Waals surface area contributed by atoms with Crippen molar-refractivity contribution in [3.8, 4) is 17.1 Å². The molecule has 1 saturated heterocycles. The van der Waals surface area contributed by atoms with Gasteiger partial charge < -0.3 is 23.8 Å². The molecule has 30 heavy (non-hydrogen) atoms. The number of nitrogens with zero attached hydrogens (tertiary/aromatic N) is 3. The first-order valence-electron chi connectivity index (χ1n) is 10.3. The number of piperidine rings is 1. The lowest BCUT2D eigenvalue weighted by Gasteiger charge is -2.38. The van der Waals surface area contributed by atoms with Crippen molar-refractivity contribution in [3.05, 3.63) is 35.0 Å². The van der Waals surface area contributed by atoms with Crippen LogP contribution in [0.1, 0.15) is 41.4 Å². The van der Waals surface area contributed by atoms with Gasteiger partial charge in [-0.2, -0.15) is 0 Å². The third kappa shape index (κ3) is 3.79. The van der Waals surface area contributed by atoms with Crippen LogP contribution in [-0.4, -0.2) is 66.2 Å². The normalized spacial score (nSPS) is 15.9. The van der Waals surface area contributed by atoms with Crippen molar-refractivity contribution in [2.45, 2.75) is 39.3 Å². The second-order valence-electron chi connectivity index (χ2n) is 7.86. The number of hydrogen-bond donors (Lipinski definition) is 0. The van der Waals surface area contributed by atoms with Gasteiger partial charge in [-0.15, -0.1) is 0 Å². The largest absolute Gasteiger partial charge is 0.488 e. The Morgan fingerprint density at radius 3 is 2.77 bits per heavy atom. The second kappa shape index (κ2) is 8.47. The predicted molar refractivity (Wildman–Crippen MR) is 109 cm³/mol. The van der Waals surface area contributed by atoms with Crippen LogP contribution in [0.25, 0.3) is 11.3 Å². The van der Waals surface area contributed by atoms with Crippen molar-refractivity contribution in [1.29, 1.82) is 0 Å². The molecule has 2 aliphatic rings. The van der Waals surface area contributed by atoms with E-state index in [1.807, 2.05) is 34.9 Å². The molecule has 0 saturated carbocycles. The number of amides is 2. The zero-order valence-corrected chi connectivity index (χ0v) is 17.6. The molecule has 0 radical (unpaired) electrons. The molecule has 1 aromatic heterocycles. The number of likely N-dealkylation sites (tertiary alicyclic amines) is 1. The van der Waals surface area contributed by atoms with Gasteiger partial charge in [0.05, 0.1) is 17.7 Å². The Hall–Kier alpha value is -2.87. The summed E-state index contributed by atoms with van der Waals surface area (Å²) in [6, 6.07) is 5.89. The first kappa shape index (κ1) is 20.4. The SMILES string of the molecule is COCCN(C(=O)c1noc2c1COc1ccc(C)cc1-2)C1CCN(C(C)=O)CC1. The maximum absolute atomic E-state index is 13.5. The van der Waals surface area contributed by atoms with Crippen molar-refractivity contribution < 1.29 is 23.6 Å². The summed E-state index contributed by atoms with van der Waals surface area (Å²) in [6.45, 7) is 5.99. The van der Waals surface area contributed by atoms with Gasteiger partial charge in [0, 0.05) is 39.7 Å². The van der Waals surface area contributed by atoms with E-state index in [0.29, 0.717) is 43.3 Å². The highest BCUT2D eigenvalue weighted by Crippen LogP contribution is 2.39. The van der Waals surface area contributed by atoms with Gasteiger partial charge in [0.1, 0.15) is 12.4 Å². The molecule has 3 heterocycles. The molecule has 4 rings (SSSR count). The first-order valence-corrected chi connectivity index (χ1v) is 10.3. The molecule has 2 aliphatic heterocycles. The Balaban J connectivity index is 1.60. The molecule has 0 atom stereocenters. The van der Waals surface area contributed by atoms with Crippen LogP contribution in [0.2, 0.25) is 0 Å². The molecule has 1 aromatic carbocycles. The molecule has 1 fully saturated rings. The molecule has 0 bridgehead atoms. The van der Waals surface area contributed by atoms with Crippen molar-refractivity contribution in [2.75, 3.05) is 33.4 Å². The molecular formula is C22H27N3O5. The minimum Gasteiger partial charge on any atom is -0.488 e. The highest BCUT2D eigenvalue weighted by molar-refractivity contribution is 5.96. The third-order valence-electron chi connectivity index (χ3n) is 5.89. The highest BCUT2D eigenvalue weighted by Gasteiger charge is 2.35. The number of aryl methyl sites for hydroxylation is 1. The number of carbonyl (C=O) groups is 2. The van der Waals surface area contributed by atoms with Gasteiger partial charge in [-0.1, -0.05) is 16.8 Å². The number of carbonyl (C=O) groups excluding carboxylic acids is 2. The van der Waals surface area contributed by atoms with Crippen LogP contribution >= 0.6 is 0 Å². The van der Waals surface area contributed by atoms with Crippen LogP contribution in [0, 0.1) is 6.92 Å². The molecule has 0 unspecified atom stereocenters. The smallest absolute Gasteiger partial charge is 0.276 e. The highest BCUT2D eigenvalue weighted by atomic mass is 16.5. The van der Waals surface area contributed by atoms with E-state index in [1.165, 1.54) is 0 Å². The summed E-state index contributed by atoms with van der Waals surface area (Å²) >= 11 is 0. The number of methoxy groups -OCH3 is 1. The van der Waals surface area contributed by atoms with E-state index in [9.17, 15) is 9.59 Å². The number of ether oxygens (including phenoxy) is 2. The summed E-state index contributed by atoms with van der Waals surface area (Å²) in [5.41, 5.74) is 2.87. The number of benzene rings is 1. The predicted octanol–water partition coefficient (Wildman–Crippen LogP) is 2.64. The maximum Gasteiger partial charge on any atom is 0.276 e. The lowest BCUT2D eigenvalue weighted by atomic mass is 9.99. The molecule has 2 aromatic rings. The second-order valence-corrected chi connectivity index (χ2v) is 7.86. The van der Waals surface area contributed by atoms with Crippen molar-refractivity contribution in [1.82, 2.24) is 15.0 Å². The Morgan fingerprint density at radius 1 is 1.30 bits per heavy atom. The first-order chi connectivity index (χ1) is 14.5. The van der Waals surface area contributed by atoms with Crippen LogP contribution in [0.4, 0.5) is 0 Å². The Morgan fingerprint density at radius 2 is 2.07 bits per heavy atom. The van der Waals surface area contributed by atoms with E-state index < -0.39 is 0 Å². The molecule has 8 heteroatoms. The van der Waals surface area contributed by atoms with Gasteiger partial charge in [0.25, 0.3) is 5.91 Å². The quantitative estimate of drug-likeness (QED) is 0.749. The van der Waals surface area contributed by atoms with E-state index in [-0.39, 0.29) is 24.5 Å². The van der Waals surface area contributed by atoms with E-state index in [1.54, 1.807) is 14.0 Å². The molecule has 8 nitrogen and oxygen atoms in total. The molecule has 2 amide bonds. The lowest BCUT2D eigenvalue weighted by molar-refractivity contribution is -0.130. The van der Waals surface area contributed by atoms with E-state index >= 15 is 0 Å². The summed E-state index contributed by atoms with van der Waals surface area (Å²) in [6.07, 6.45) is 1.46. The molecule has 0 N–H and O–H groups in total. The fourth-order valence-corrected chi connectivity index (χ4v) is 4.19. The minimum absolute atomic E-state index is 0.0228. The molecule has 160 valence electrons. The van der Waals surface area contributed by atoms with Crippen LogP contribution in [0.3, 0.4) is 0 Å². The Labute approximate surface area is 175 Å². The lowest BCUT2D eigenvalue weighted by Crippen LogP contribution is -2.49. The van der Waals surface area contributed by atoms with Gasteiger partial charge >= 0.3 is 0 Å². The Kier molecular flexibility index (Phi) is 5.76. The van der Waals surface area contributed by atoms with E-state index in [2.05, 4.69) is 5.16 Å². The maximum atomic E-state index is 13.5. The summed E-state index contributed by atoms with van der Waals surface area (Å²) in [5, 5.41) is 4.14. The number of hydrogen-bond acceptors (Lipinski definition) is 6. The zero-order valence-electron chi connectivity index (χ0n) is 17.6. The van der Waals surface area contributed by atoms with Crippen molar-refractivity contribution in [2.24, 2.45) is 0 Å². The van der Waals surface area contributed by atoms with Crippen molar-refractivity contribution >= 4 is 11.8 Å². The third-order valence-corrected chi connectivity index (χ3v) is 5.89. The molecule has 0 aliphatic carbocycles. The van der Waals surface area contributed by atoms with Crippen LogP contribution < -0.4 is 4.74 Å². The van der Waals surface area contributed by atoms with Crippen LogP contribution in [0.15, 0.2) is 22.7 Å². The fourth-order valence-electron chi connectivity index (χ4n) is 4.19. The van der Waals surface area contributed by atoms with Gasteiger partial charge in [0.15, 0.2) is 11.5 Å².